The minimum atomic E-state index is -0.233. The van der Waals surface area contributed by atoms with E-state index < -0.39 is 0 Å². The van der Waals surface area contributed by atoms with Crippen LogP contribution in [0.4, 0.5) is 0 Å². The van der Waals surface area contributed by atoms with Gasteiger partial charge in [0.2, 0.25) is 0 Å². The fraction of sp³-hybridized carbons (Fsp3) is 0.429. The number of rotatable bonds is 4. The number of aromatic nitrogens is 2. The van der Waals surface area contributed by atoms with Crippen LogP contribution in [0.1, 0.15) is 12.2 Å². The van der Waals surface area contributed by atoms with E-state index in [1.807, 2.05) is 24.3 Å². The van der Waals surface area contributed by atoms with Gasteiger partial charge in [-0.05, 0) is 30.7 Å². The molecular weight excluding hydrogens is 258 g/mol. The molecule has 3 rings (SSSR count). The van der Waals surface area contributed by atoms with Gasteiger partial charge in [-0.3, -0.25) is 4.90 Å². The van der Waals surface area contributed by atoms with E-state index in [-0.39, 0.29) is 6.10 Å². The van der Waals surface area contributed by atoms with Crippen LogP contribution in [0.2, 0.25) is 0 Å². The van der Waals surface area contributed by atoms with Crippen LogP contribution in [-0.4, -0.2) is 46.5 Å². The van der Waals surface area contributed by atoms with Crippen molar-refractivity contribution in [1.82, 2.24) is 15.0 Å². The maximum Gasteiger partial charge on any atom is 0.257 e. The highest BCUT2D eigenvalue weighted by molar-refractivity contribution is 5.54. The molecule has 20 heavy (non-hydrogen) atoms. The Balaban J connectivity index is 1.69. The fourth-order valence-electron chi connectivity index (χ4n) is 2.32. The Hall–Kier alpha value is -1.92. The van der Waals surface area contributed by atoms with Crippen molar-refractivity contribution >= 4 is 0 Å². The molecule has 1 aromatic carbocycles. The van der Waals surface area contributed by atoms with E-state index in [4.69, 9.17) is 9.26 Å². The van der Waals surface area contributed by atoms with Gasteiger partial charge in [-0.2, -0.15) is 4.98 Å². The molecule has 0 aliphatic carbocycles. The van der Waals surface area contributed by atoms with Crippen molar-refractivity contribution in [3.63, 3.8) is 0 Å². The maximum atomic E-state index is 9.49. The van der Waals surface area contributed by atoms with E-state index in [1.165, 1.54) is 0 Å². The Bertz CT molecular complexity index is 567. The van der Waals surface area contributed by atoms with Crippen molar-refractivity contribution in [2.24, 2.45) is 0 Å². The molecule has 1 saturated heterocycles. The molecular formula is C14H17N3O3. The monoisotopic (exact) mass is 275 g/mol. The first kappa shape index (κ1) is 13.1. The van der Waals surface area contributed by atoms with Gasteiger partial charge in [-0.15, -0.1) is 0 Å². The quantitative estimate of drug-likeness (QED) is 0.907. The van der Waals surface area contributed by atoms with Gasteiger partial charge in [0.25, 0.3) is 5.89 Å². The molecule has 0 saturated carbocycles. The lowest BCUT2D eigenvalue weighted by Crippen LogP contribution is -2.22. The smallest absolute Gasteiger partial charge is 0.257 e. The third kappa shape index (κ3) is 2.81. The number of likely N-dealkylation sites (tertiary alicyclic amines) is 1. The molecule has 0 bridgehead atoms. The number of nitrogens with zero attached hydrogens (tertiary/aromatic N) is 3. The summed E-state index contributed by atoms with van der Waals surface area (Å²) < 4.78 is 10.4. The van der Waals surface area contributed by atoms with E-state index in [2.05, 4.69) is 15.0 Å². The molecule has 0 amide bonds. The molecule has 1 fully saturated rings. The highest BCUT2D eigenvalue weighted by Gasteiger charge is 2.22. The topological polar surface area (TPSA) is 71.6 Å². The van der Waals surface area contributed by atoms with Crippen LogP contribution < -0.4 is 4.74 Å². The Morgan fingerprint density at radius 3 is 2.85 bits per heavy atom. The number of aliphatic hydroxyl groups excluding tert-OH is 1. The predicted octanol–water partition coefficient (Wildman–Crippen LogP) is 1.31. The number of methoxy groups -OCH3 is 1. The van der Waals surface area contributed by atoms with Crippen LogP contribution in [0.3, 0.4) is 0 Å². The van der Waals surface area contributed by atoms with Crippen molar-refractivity contribution in [2.45, 2.75) is 19.1 Å². The summed E-state index contributed by atoms with van der Waals surface area (Å²) in [5.74, 6) is 1.94. The third-order valence-corrected chi connectivity index (χ3v) is 3.42. The van der Waals surface area contributed by atoms with Crippen LogP contribution in [0.25, 0.3) is 11.5 Å². The minimum absolute atomic E-state index is 0.233. The third-order valence-electron chi connectivity index (χ3n) is 3.42. The Morgan fingerprint density at radius 1 is 1.40 bits per heavy atom. The first-order valence-corrected chi connectivity index (χ1v) is 6.62. The molecule has 1 aliphatic heterocycles. The van der Waals surface area contributed by atoms with E-state index >= 15 is 0 Å². The van der Waals surface area contributed by atoms with Gasteiger partial charge in [0.05, 0.1) is 19.8 Å². The van der Waals surface area contributed by atoms with Crippen LogP contribution in [-0.2, 0) is 6.54 Å². The zero-order chi connectivity index (χ0) is 13.9. The van der Waals surface area contributed by atoms with Gasteiger partial charge in [0.15, 0.2) is 5.82 Å². The molecule has 2 aromatic rings. The number of aliphatic hydroxyl groups is 1. The van der Waals surface area contributed by atoms with Gasteiger partial charge in [0, 0.05) is 18.7 Å². The summed E-state index contributed by atoms with van der Waals surface area (Å²) in [6, 6.07) is 7.48. The number of β-amino-alcohol motifs (C(OH)–C–C–N with tert-alkyl or cyclic N) is 1. The zero-order valence-electron chi connectivity index (χ0n) is 11.3. The lowest BCUT2D eigenvalue weighted by atomic mass is 10.2. The standard InChI is InChI=1S/C14H17N3O3/c1-19-12-4-2-10(3-5-12)14-15-13(16-20-14)9-17-7-6-11(18)8-17/h2-5,11,18H,6-9H2,1H3/t11-/m1/s1. The second-order valence-corrected chi connectivity index (χ2v) is 4.92. The SMILES string of the molecule is COc1ccc(-c2nc(CN3CC[C@@H](O)C3)no2)cc1. The van der Waals surface area contributed by atoms with E-state index in [1.54, 1.807) is 7.11 Å². The average Bonchev–Trinajstić information content (AvgIpc) is 3.09. The van der Waals surface area contributed by atoms with E-state index in [0.717, 1.165) is 24.3 Å². The van der Waals surface area contributed by atoms with E-state index in [9.17, 15) is 5.11 Å². The molecule has 1 atom stereocenters. The molecule has 106 valence electrons. The Kier molecular flexibility index (Phi) is 3.66. The number of hydrogen-bond acceptors (Lipinski definition) is 6. The van der Waals surface area contributed by atoms with Gasteiger partial charge < -0.3 is 14.4 Å². The first-order chi connectivity index (χ1) is 9.74. The number of ether oxygens (including phenoxy) is 1. The van der Waals surface area contributed by atoms with Gasteiger partial charge in [-0.1, -0.05) is 5.16 Å². The summed E-state index contributed by atoms with van der Waals surface area (Å²) in [5.41, 5.74) is 0.867. The molecule has 6 nitrogen and oxygen atoms in total. The normalized spacial score (nSPS) is 19.4. The van der Waals surface area contributed by atoms with Crippen LogP contribution in [0.5, 0.6) is 5.75 Å². The number of hydrogen-bond donors (Lipinski definition) is 1. The summed E-state index contributed by atoms with van der Waals surface area (Å²) in [7, 11) is 1.63. The fourth-order valence-corrected chi connectivity index (χ4v) is 2.32. The van der Waals surface area contributed by atoms with Gasteiger partial charge in [0.1, 0.15) is 5.75 Å². The summed E-state index contributed by atoms with van der Waals surface area (Å²) in [4.78, 5) is 6.50. The summed E-state index contributed by atoms with van der Waals surface area (Å²) in [6.07, 6.45) is 0.575. The Morgan fingerprint density at radius 2 is 2.20 bits per heavy atom. The van der Waals surface area contributed by atoms with Crippen LogP contribution >= 0.6 is 0 Å². The van der Waals surface area contributed by atoms with Crippen molar-refractivity contribution < 1.29 is 14.4 Å². The first-order valence-electron chi connectivity index (χ1n) is 6.62. The average molecular weight is 275 g/mol. The Labute approximate surface area is 117 Å². The van der Waals surface area contributed by atoms with E-state index in [0.29, 0.717) is 24.8 Å². The van der Waals surface area contributed by atoms with Crippen LogP contribution in [0, 0.1) is 0 Å². The minimum Gasteiger partial charge on any atom is -0.497 e. The molecule has 1 N–H and O–H groups in total. The summed E-state index contributed by atoms with van der Waals surface area (Å²) >= 11 is 0. The molecule has 0 unspecified atom stereocenters. The van der Waals surface area contributed by atoms with Crippen molar-refractivity contribution in [3.8, 4) is 17.2 Å². The lowest BCUT2D eigenvalue weighted by Gasteiger charge is -2.10. The second-order valence-electron chi connectivity index (χ2n) is 4.92. The largest absolute Gasteiger partial charge is 0.497 e. The molecule has 1 aliphatic rings. The van der Waals surface area contributed by atoms with Crippen molar-refractivity contribution in [1.29, 1.82) is 0 Å². The van der Waals surface area contributed by atoms with Gasteiger partial charge >= 0.3 is 0 Å². The predicted molar refractivity (Wildman–Crippen MR) is 72.2 cm³/mol. The molecule has 0 spiro atoms. The molecule has 2 heterocycles. The molecule has 1 aromatic heterocycles. The number of benzene rings is 1. The van der Waals surface area contributed by atoms with Crippen molar-refractivity contribution in [2.75, 3.05) is 20.2 Å². The lowest BCUT2D eigenvalue weighted by molar-refractivity contribution is 0.173. The highest BCUT2D eigenvalue weighted by Crippen LogP contribution is 2.21. The maximum absolute atomic E-state index is 9.49. The second kappa shape index (κ2) is 5.60. The zero-order valence-corrected chi connectivity index (χ0v) is 11.3. The summed E-state index contributed by atoms with van der Waals surface area (Å²) in [6.45, 7) is 2.15. The van der Waals surface area contributed by atoms with Crippen molar-refractivity contribution in [3.05, 3.63) is 30.1 Å². The molecule has 0 radical (unpaired) electrons. The highest BCUT2D eigenvalue weighted by atomic mass is 16.5. The van der Waals surface area contributed by atoms with Gasteiger partial charge in [-0.25, -0.2) is 0 Å². The summed E-state index contributed by atoms with van der Waals surface area (Å²) in [5, 5.41) is 13.5. The van der Waals surface area contributed by atoms with Crippen LogP contribution in [0.15, 0.2) is 28.8 Å². The molecule has 6 heteroatoms.